The molecule has 1 aromatic heterocycles. The average Bonchev–Trinajstić information content (AvgIpc) is 2.90. The van der Waals surface area contributed by atoms with E-state index < -0.39 is 0 Å². The fourth-order valence-electron chi connectivity index (χ4n) is 1.80. The van der Waals surface area contributed by atoms with Crippen molar-refractivity contribution in [2.45, 2.75) is 13.3 Å². The maximum atomic E-state index is 11.9. The summed E-state index contributed by atoms with van der Waals surface area (Å²) in [5.74, 6) is 5.45. The number of anilines is 1. The molecule has 0 radical (unpaired) electrons. The molecule has 4 heteroatoms. The minimum Gasteiger partial charge on any atom is -0.384 e. The molecule has 1 aromatic carbocycles. The second-order valence-corrected chi connectivity index (χ2v) is 5.13. The smallest absolute Gasteiger partial charge is 0.228 e. The van der Waals surface area contributed by atoms with Crippen molar-refractivity contribution >= 4 is 22.9 Å². The molecule has 0 spiro atoms. The molecule has 0 bridgehead atoms. The molecule has 1 amide bonds. The van der Waals surface area contributed by atoms with Crippen LogP contribution in [0, 0.1) is 18.8 Å². The molecule has 102 valence electrons. The molecule has 1 heterocycles. The summed E-state index contributed by atoms with van der Waals surface area (Å²) in [7, 11) is 0. The quantitative estimate of drug-likeness (QED) is 0.852. The summed E-state index contributed by atoms with van der Waals surface area (Å²) < 4.78 is 0. The normalized spacial score (nSPS) is 9.70. The topological polar surface area (TPSA) is 49.3 Å². The highest BCUT2D eigenvalue weighted by atomic mass is 32.1. The number of amides is 1. The molecule has 0 fully saturated rings. The second-order valence-electron chi connectivity index (χ2n) is 4.35. The first-order chi connectivity index (χ1) is 9.69. The van der Waals surface area contributed by atoms with Gasteiger partial charge in [0.15, 0.2) is 0 Å². The number of aliphatic hydroxyl groups excluding tert-OH is 1. The molecular formula is C16H15NO2S. The summed E-state index contributed by atoms with van der Waals surface area (Å²) in [6, 6.07) is 7.49. The molecule has 0 aliphatic heterocycles. The Morgan fingerprint density at radius 2 is 2.25 bits per heavy atom. The van der Waals surface area contributed by atoms with Crippen molar-refractivity contribution in [2.24, 2.45) is 0 Å². The van der Waals surface area contributed by atoms with Gasteiger partial charge in [-0.3, -0.25) is 4.79 Å². The van der Waals surface area contributed by atoms with Crippen LogP contribution in [0.25, 0.3) is 0 Å². The van der Waals surface area contributed by atoms with Crippen LogP contribution < -0.4 is 5.32 Å². The minimum atomic E-state index is -0.154. The Bertz CT molecular complexity index is 651. The van der Waals surface area contributed by atoms with E-state index in [2.05, 4.69) is 17.2 Å². The summed E-state index contributed by atoms with van der Waals surface area (Å²) >= 11 is 1.58. The van der Waals surface area contributed by atoms with Crippen molar-refractivity contribution in [3.63, 3.8) is 0 Å². The van der Waals surface area contributed by atoms with E-state index in [1.165, 1.54) is 0 Å². The van der Waals surface area contributed by atoms with Gasteiger partial charge in [-0.1, -0.05) is 11.8 Å². The summed E-state index contributed by atoms with van der Waals surface area (Å²) in [6.45, 7) is 1.77. The van der Waals surface area contributed by atoms with Crippen LogP contribution in [0.2, 0.25) is 0 Å². The third-order valence-corrected chi connectivity index (χ3v) is 3.49. The van der Waals surface area contributed by atoms with Gasteiger partial charge in [0.25, 0.3) is 0 Å². The molecule has 0 unspecified atom stereocenters. The van der Waals surface area contributed by atoms with E-state index >= 15 is 0 Å². The number of benzene rings is 1. The van der Waals surface area contributed by atoms with E-state index in [-0.39, 0.29) is 12.5 Å². The molecule has 0 atom stereocenters. The van der Waals surface area contributed by atoms with E-state index in [0.717, 1.165) is 22.4 Å². The Balaban J connectivity index is 2.03. The number of hydrogen-bond donors (Lipinski definition) is 2. The predicted molar refractivity (Wildman–Crippen MR) is 81.8 cm³/mol. The Morgan fingerprint density at radius 1 is 1.40 bits per heavy atom. The van der Waals surface area contributed by atoms with Crippen molar-refractivity contribution in [1.82, 2.24) is 0 Å². The van der Waals surface area contributed by atoms with E-state index in [4.69, 9.17) is 5.11 Å². The Hall–Kier alpha value is -2.09. The van der Waals surface area contributed by atoms with Gasteiger partial charge in [-0.25, -0.2) is 0 Å². The number of nitrogens with one attached hydrogen (secondary N) is 1. The van der Waals surface area contributed by atoms with E-state index in [1.54, 1.807) is 11.3 Å². The highest BCUT2D eigenvalue weighted by Gasteiger charge is 2.05. The highest BCUT2D eigenvalue weighted by molar-refractivity contribution is 7.08. The fourth-order valence-corrected chi connectivity index (χ4v) is 2.47. The minimum absolute atomic E-state index is 0.0306. The summed E-state index contributed by atoms with van der Waals surface area (Å²) in [6.07, 6.45) is 0.384. The van der Waals surface area contributed by atoms with E-state index in [9.17, 15) is 4.79 Å². The summed E-state index contributed by atoms with van der Waals surface area (Å²) in [5.41, 5.74) is 3.61. The van der Waals surface area contributed by atoms with Crippen LogP contribution in [0.5, 0.6) is 0 Å². The largest absolute Gasteiger partial charge is 0.384 e. The fraction of sp³-hybridized carbons (Fsp3) is 0.188. The Labute approximate surface area is 122 Å². The molecule has 2 aromatic rings. The molecule has 0 aliphatic rings. The van der Waals surface area contributed by atoms with Crippen molar-refractivity contribution < 1.29 is 9.90 Å². The van der Waals surface area contributed by atoms with E-state index in [1.807, 2.05) is 41.9 Å². The van der Waals surface area contributed by atoms with Crippen LogP contribution >= 0.6 is 11.3 Å². The van der Waals surface area contributed by atoms with Crippen LogP contribution in [0.15, 0.2) is 35.0 Å². The molecule has 0 saturated heterocycles. The monoisotopic (exact) mass is 285 g/mol. The van der Waals surface area contributed by atoms with Gasteiger partial charge in [0.05, 0.1) is 6.42 Å². The van der Waals surface area contributed by atoms with Crippen molar-refractivity contribution in [2.75, 3.05) is 11.9 Å². The maximum absolute atomic E-state index is 11.9. The number of thiophene rings is 1. The second kappa shape index (κ2) is 6.90. The first-order valence-electron chi connectivity index (χ1n) is 6.20. The van der Waals surface area contributed by atoms with Gasteiger partial charge in [-0.05, 0) is 53.1 Å². The average molecular weight is 285 g/mol. The lowest BCUT2D eigenvalue weighted by Gasteiger charge is -2.06. The molecule has 0 aliphatic carbocycles. The molecule has 0 saturated carbocycles. The third-order valence-electron chi connectivity index (χ3n) is 2.76. The zero-order valence-electron chi connectivity index (χ0n) is 11.1. The molecule has 2 N–H and O–H groups in total. The van der Waals surface area contributed by atoms with Gasteiger partial charge in [-0.15, -0.1) is 0 Å². The number of carbonyl (C=O) groups is 1. The Morgan fingerprint density at radius 3 is 2.90 bits per heavy atom. The number of aryl methyl sites for hydroxylation is 1. The van der Waals surface area contributed by atoms with Gasteiger partial charge < -0.3 is 10.4 Å². The number of carbonyl (C=O) groups excluding carboxylic acids is 1. The number of hydrogen-bond acceptors (Lipinski definition) is 3. The number of aliphatic hydroxyl groups is 1. The summed E-state index contributed by atoms with van der Waals surface area (Å²) in [4.78, 5) is 11.9. The summed E-state index contributed by atoms with van der Waals surface area (Å²) in [5, 5.41) is 15.5. The van der Waals surface area contributed by atoms with Crippen molar-refractivity contribution in [3.05, 3.63) is 51.7 Å². The van der Waals surface area contributed by atoms with Gasteiger partial charge in [-0.2, -0.15) is 11.3 Å². The SMILES string of the molecule is Cc1cc(NC(=O)Cc2ccsc2)ccc1C#CCO. The highest BCUT2D eigenvalue weighted by Crippen LogP contribution is 2.15. The van der Waals surface area contributed by atoms with Crippen LogP contribution in [-0.4, -0.2) is 17.6 Å². The van der Waals surface area contributed by atoms with Gasteiger partial charge in [0, 0.05) is 11.3 Å². The third kappa shape index (κ3) is 3.95. The van der Waals surface area contributed by atoms with Gasteiger partial charge in [0.2, 0.25) is 5.91 Å². The van der Waals surface area contributed by atoms with Crippen LogP contribution in [0.1, 0.15) is 16.7 Å². The zero-order valence-corrected chi connectivity index (χ0v) is 12.0. The lowest BCUT2D eigenvalue weighted by Crippen LogP contribution is -2.14. The zero-order chi connectivity index (χ0) is 14.4. The predicted octanol–water partition coefficient (Wildman–Crippen LogP) is 2.58. The maximum Gasteiger partial charge on any atom is 0.228 e. The molecule has 2 rings (SSSR count). The van der Waals surface area contributed by atoms with E-state index in [0.29, 0.717) is 6.42 Å². The molecular weight excluding hydrogens is 270 g/mol. The Kier molecular flexibility index (Phi) is 4.94. The number of rotatable bonds is 3. The van der Waals surface area contributed by atoms with Gasteiger partial charge >= 0.3 is 0 Å². The van der Waals surface area contributed by atoms with Crippen LogP contribution in [-0.2, 0) is 11.2 Å². The standard InChI is InChI=1S/C16H15NO2S/c1-12-9-15(5-4-14(12)3-2-7-18)17-16(19)10-13-6-8-20-11-13/h4-6,8-9,11,18H,7,10H2,1H3,(H,17,19). The first kappa shape index (κ1) is 14.3. The van der Waals surface area contributed by atoms with Gasteiger partial charge in [0.1, 0.15) is 6.61 Å². The first-order valence-corrected chi connectivity index (χ1v) is 7.14. The molecule has 3 nitrogen and oxygen atoms in total. The van der Waals surface area contributed by atoms with Crippen LogP contribution in [0.3, 0.4) is 0 Å². The van der Waals surface area contributed by atoms with Crippen molar-refractivity contribution in [1.29, 1.82) is 0 Å². The van der Waals surface area contributed by atoms with Crippen molar-refractivity contribution in [3.8, 4) is 11.8 Å². The van der Waals surface area contributed by atoms with Crippen LogP contribution in [0.4, 0.5) is 5.69 Å². The molecule has 20 heavy (non-hydrogen) atoms. The lowest BCUT2D eigenvalue weighted by atomic mass is 10.1. The lowest BCUT2D eigenvalue weighted by molar-refractivity contribution is -0.115.